The lowest BCUT2D eigenvalue weighted by Gasteiger charge is -2.30. The summed E-state index contributed by atoms with van der Waals surface area (Å²) in [4.78, 5) is 0. The first-order valence-corrected chi connectivity index (χ1v) is 8.32. The summed E-state index contributed by atoms with van der Waals surface area (Å²) < 4.78 is 62.5. The fourth-order valence-corrected chi connectivity index (χ4v) is 4.77. The molecule has 1 fully saturated rings. The van der Waals surface area contributed by atoms with Gasteiger partial charge < -0.3 is 0 Å². The van der Waals surface area contributed by atoms with Crippen molar-refractivity contribution in [1.29, 1.82) is 0 Å². The van der Waals surface area contributed by atoms with Gasteiger partial charge in [0.05, 0.1) is 22.6 Å². The van der Waals surface area contributed by atoms with Gasteiger partial charge in [-0.25, -0.2) is 8.42 Å². The second-order valence-corrected chi connectivity index (χ2v) is 7.51. The van der Waals surface area contributed by atoms with Gasteiger partial charge in [0.2, 0.25) is 0 Å². The van der Waals surface area contributed by atoms with E-state index >= 15 is 0 Å². The molecule has 4 nitrogen and oxygen atoms in total. The van der Waals surface area contributed by atoms with E-state index in [0.717, 1.165) is 18.6 Å². The number of benzene rings is 1. The number of hydrogen-bond acceptors (Lipinski definition) is 4. The minimum Gasteiger partial charge on any atom is -0.271 e. The summed E-state index contributed by atoms with van der Waals surface area (Å²) in [6.45, 7) is 0. The summed E-state index contributed by atoms with van der Waals surface area (Å²) in [5, 5.41) is -0.792. The molecule has 3 N–H and O–H groups in total. The molecule has 0 saturated carbocycles. The van der Waals surface area contributed by atoms with Crippen molar-refractivity contribution in [1.82, 2.24) is 5.43 Å². The standard InChI is InChI=1S/C13H17F3N2O2S/c14-13(15,16)10-5-3-4-9(8-10)12(18-17)11-6-1-2-7-21(11,19)20/h3-5,8,11-12,18H,1-2,6-7,17H2. The maximum absolute atomic E-state index is 12.8. The molecule has 0 aliphatic carbocycles. The molecule has 1 heterocycles. The zero-order chi connectivity index (χ0) is 15.7. The van der Waals surface area contributed by atoms with Crippen LogP contribution < -0.4 is 11.3 Å². The number of rotatable bonds is 3. The average Bonchev–Trinajstić information content (AvgIpc) is 2.41. The van der Waals surface area contributed by atoms with E-state index in [1.165, 1.54) is 12.1 Å². The van der Waals surface area contributed by atoms with Crippen LogP contribution in [0, 0.1) is 0 Å². The van der Waals surface area contributed by atoms with E-state index in [2.05, 4.69) is 5.43 Å². The topological polar surface area (TPSA) is 72.2 Å². The maximum atomic E-state index is 12.8. The number of nitrogens with one attached hydrogen (secondary N) is 1. The van der Waals surface area contributed by atoms with Crippen LogP contribution >= 0.6 is 0 Å². The Kier molecular flexibility index (Phi) is 4.60. The SMILES string of the molecule is NNC(c1cccc(C(F)(F)F)c1)C1CCCCS1(=O)=O. The van der Waals surface area contributed by atoms with Gasteiger partial charge in [0.1, 0.15) is 0 Å². The monoisotopic (exact) mass is 322 g/mol. The molecule has 118 valence electrons. The highest BCUT2D eigenvalue weighted by atomic mass is 32.2. The molecule has 0 radical (unpaired) electrons. The molecular weight excluding hydrogens is 305 g/mol. The lowest BCUT2D eigenvalue weighted by atomic mass is 9.98. The van der Waals surface area contributed by atoms with Crippen LogP contribution in [-0.4, -0.2) is 19.4 Å². The third kappa shape index (κ3) is 3.56. The molecule has 2 unspecified atom stereocenters. The van der Waals surface area contributed by atoms with Gasteiger partial charge in [-0.3, -0.25) is 11.3 Å². The summed E-state index contributed by atoms with van der Waals surface area (Å²) in [5.41, 5.74) is 1.80. The Morgan fingerprint density at radius 1 is 1.29 bits per heavy atom. The predicted octanol–water partition coefficient (Wildman–Crippen LogP) is 2.18. The van der Waals surface area contributed by atoms with Crippen LogP contribution in [0.3, 0.4) is 0 Å². The Labute approximate surface area is 121 Å². The summed E-state index contributed by atoms with van der Waals surface area (Å²) in [6, 6.07) is 3.79. The van der Waals surface area contributed by atoms with Crippen molar-refractivity contribution in [2.24, 2.45) is 5.84 Å². The van der Waals surface area contributed by atoms with Gasteiger partial charge in [-0.2, -0.15) is 13.2 Å². The van der Waals surface area contributed by atoms with Gasteiger partial charge in [-0.15, -0.1) is 0 Å². The third-order valence-corrected chi connectivity index (χ3v) is 6.04. The van der Waals surface area contributed by atoms with Crippen LogP contribution in [0.2, 0.25) is 0 Å². The molecule has 2 atom stereocenters. The normalized spacial score (nSPS) is 23.7. The minimum atomic E-state index is -4.47. The van der Waals surface area contributed by atoms with Crippen molar-refractivity contribution in [3.63, 3.8) is 0 Å². The maximum Gasteiger partial charge on any atom is 0.416 e. The Morgan fingerprint density at radius 3 is 2.57 bits per heavy atom. The summed E-state index contributed by atoms with van der Waals surface area (Å²) in [6.07, 6.45) is -2.77. The molecule has 0 bridgehead atoms. The van der Waals surface area contributed by atoms with Gasteiger partial charge in [0, 0.05) is 0 Å². The predicted molar refractivity (Wildman–Crippen MR) is 72.9 cm³/mol. The third-order valence-electron chi connectivity index (χ3n) is 3.75. The van der Waals surface area contributed by atoms with E-state index in [1.807, 2.05) is 0 Å². The van der Waals surface area contributed by atoms with Crippen molar-refractivity contribution >= 4 is 9.84 Å². The van der Waals surface area contributed by atoms with Crippen LogP contribution in [-0.2, 0) is 16.0 Å². The van der Waals surface area contributed by atoms with Crippen LogP contribution in [0.4, 0.5) is 13.2 Å². The number of sulfone groups is 1. The first kappa shape index (κ1) is 16.3. The van der Waals surface area contributed by atoms with E-state index < -0.39 is 32.9 Å². The van der Waals surface area contributed by atoms with Gasteiger partial charge in [0.25, 0.3) is 0 Å². The molecule has 0 amide bonds. The quantitative estimate of drug-likeness (QED) is 0.661. The highest BCUT2D eigenvalue weighted by molar-refractivity contribution is 7.92. The second kappa shape index (κ2) is 5.94. The molecule has 0 spiro atoms. The summed E-state index contributed by atoms with van der Waals surface area (Å²) >= 11 is 0. The fraction of sp³-hybridized carbons (Fsp3) is 0.538. The number of hydrogen-bond donors (Lipinski definition) is 2. The number of alkyl halides is 3. The average molecular weight is 322 g/mol. The molecule has 1 aromatic rings. The molecule has 1 saturated heterocycles. The van der Waals surface area contributed by atoms with E-state index in [-0.39, 0.29) is 11.3 Å². The molecule has 2 rings (SSSR count). The van der Waals surface area contributed by atoms with Gasteiger partial charge in [-0.1, -0.05) is 18.6 Å². The van der Waals surface area contributed by atoms with Gasteiger partial charge in [0.15, 0.2) is 9.84 Å². The molecule has 21 heavy (non-hydrogen) atoms. The van der Waals surface area contributed by atoms with E-state index in [0.29, 0.717) is 12.8 Å². The molecule has 1 aliphatic rings. The largest absolute Gasteiger partial charge is 0.416 e. The minimum absolute atomic E-state index is 0.0504. The lowest BCUT2D eigenvalue weighted by Crippen LogP contribution is -2.43. The fourth-order valence-electron chi connectivity index (χ4n) is 2.68. The van der Waals surface area contributed by atoms with Crippen LogP contribution in [0.25, 0.3) is 0 Å². The zero-order valence-corrected chi connectivity index (χ0v) is 12.0. The Bertz CT molecular complexity index is 602. The highest BCUT2D eigenvalue weighted by Gasteiger charge is 2.37. The number of nitrogens with two attached hydrogens (primary N) is 1. The Balaban J connectivity index is 2.38. The zero-order valence-electron chi connectivity index (χ0n) is 11.2. The number of hydrazine groups is 1. The first-order chi connectivity index (χ1) is 9.75. The van der Waals surface area contributed by atoms with E-state index in [1.54, 1.807) is 0 Å². The molecule has 0 aromatic heterocycles. The highest BCUT2D eigenvalue weighted by Crippen LogP contribution is 2.34. The van der Waals surface area contributed by atoms with Crippen molar-refractivity contribution in [2.45, 2.75) is 36.7 Å². The summed E-state index contributed by atoms with van der Waals surface area (Å²) in [7, 11) is -3.36. The van der Waals surface area contributed by atoms with Crippen LogP contribution in [0.1, 0.15) is 36.4 Å². The van der Waals surface area contributed by atoms with Crippen molar-refractivity contribution < 1.29 is 21.6 Å². The summed E-state index contributed by atoms with van der Waals surface area (Å²) in [5.74, 6) is 5.47. The van der Waals surface area contributed by atoms with Crippen molar-refractivity contribution in [2.75, 3.05) is 5.75 Å². The Morgan fingerprint density at radius 2 is 2.00 bits per heavy atom. The molecule has 1 aromatic carbocycles. The van der Waals surface area contributed by atoms with Crippen molar-refractivity contribution in [3.8, 4) is 0 Å². The smallest absolute Gasteiger partial charge is 0.271 e. The second-order valence-electron chi connectivity index (χ2n) is 5.17. The van der Waals surface area contributed by atoms with Crippen LogP contribution in [0.5, 0.6) is 0 Å². The Hall–Kier alpha value is -1.12. The number of halogens is 3. The lowest BCUT2D eigenvalue weighted by molar-refractivity contribution is -0.137. The van der Waals surface area contributed by atoms with E-state index in [4.69, 9.17) is 5.84 Å². The molecule has 1 aliphatic heterocycles. The molecular formula is C13H17F3N2O2S. The van der Waals surface area contributed by atoms with Crippen LogP contribution in [0.15, 0.2) is 24.3 Å². The van der Waals surface area contributed by atoms with E-state index in [9.17, 15) is 21.6 Å². The van der Waals surface area contributed by atoms with Gasteiger partial charge >= 0.3 is 6.18 Å². The first-order valence-electron chi connectivity index (χ1n) is 6.60. The van der Waals surface area contributed by atoms with Crippen molar-refractivity contribution in [3.05, 3.63) is 35.4 Å². The molecule has 8 heteroatoms. The van der Waals surface area contributed by atoms with Gasteiger partial charge in [-0.05, 0) is 30.5 Å².